The molecule has 1 atom stereocenters. The molecule has 1 heterocycles. The third kappa shape index (κ3) is 3.36. The lowest BCUT2D eigenvalue weighted by molar-refractivity contribution is -0.115. The Labute approximate surface area is 143 Å². The Morgan fingerprint density at radius 2 is 2.13 bits per heavy atom. The fourth-order valence-corrected chi connectivity index (χ4v) is 4.72. The van der Waals surface area contributed by atoms with Gasteiger partial charge in [-0.3, -0.25) is 4.79 Å². The van der Waals surface area contributed by atoms with Gasteiger partial charge in [0.25, 0.3) is 0 Å². The van der Waals surface area contributed by atoms with Gasteiger partial charge in [-0.15, -0.1) is 23.1 Å². The normalized spacial score (nSPS) is 14.1. The zero-order chi connectivity index (χ0) is 16.4. The molecular formula is C17H16N2O2S2. The van der Waals surface area contributed by atoms with Gasteiger partial charge in [-0.2, -0.15) is 5.26 Å². The van der Waals surface area contributed by atoms with E-state index in [-0.39, 0.29) is 16.9 Å². The topological polar surface area (TPSA) is 73.1 Å². The van der Waals surface area contributed by atoms with Gasteiger partial charge in [-0.05, 0) is 56.0 Å². The van der Waals surface area contributed by atoms with Crippen LogP contribution >= 0.6 is 23.1 Å². The second-order valence-corrected chi connectivity index (χ2v) is 7.94. The summed E-state index contributed by atoms with van der Waals surface area (Å²) in [5.41, 5.74) is 1.75. The molecule has 2 aromatic rings. The highest BCUT2D eigenvalue weighted by Crippen LogP contribution is 2.39. The Morgan fingerprint density at radius 3 is 2.83 bits per heavy atom. The van der Waals surface area contributed by atoms with Gasteiger partial charge in [0.05, 0.1) is 10.8 Å². The first-order valence-corrected chi connectivity index (χ1v) is 9.09. The zero-order valence-corrected chi connectivity index (χ0v) is 14.3. The molecule has 0 saturated carbocycles. The number of thiophene rings is 1. The number of fused-ring (bicyclic) bond motifs is 1. The van der Waals surface area contributed by atoms with Gasteiger partial charge in [0, 0.05) is 9.77 Å². The quantitative estimate of drug-likeness (QED) is 0.824. The van der Waals surface area contributed by atoms with E-state index in [1.165, 1.54) is 28.0 Å². The van der Waals surface area contributed by atoms with Crippen molar-refractivity contribution >= 4 is 34.0 Å². The molecule has 3 rings (SSSR count). The minimum absolute atomic E-state index is 0.112. The van der Waals surface area contributed by atoms with E-state index < -0.39 is 0 Å². The van der Waals surface area contributed by atoms with Crippen molar-refractivity contribution in [1.29, 1.82) is 5.26 Å². The van der Waals surface area contributed by atoms with Crippen LogP contribution in [0, 0.1) is 11.3 Å². The van der Waals surface area contributed by atoms with Gasteiger partial charge < -0.3 is 10.4 Å². The van der Waals surface area contributed by atoms with E-state index in [0.717, 1.165) is 29.7 Å². The van der Waals surface area contributed by atoms with E-state index in [1.54, 1.807) is 24.3 Å². The Kier molecular flexibility index (Phi) is 4.60. The molecule has 0 unspecified atom stereocenters. The molecule has 23 heavy (non-hydrogen) atoms. The van der Waals surface area contributed by atoms with E-state index in [1.807, 2.05) is 6.92 Å². The number of phenolic OH excluding ortho intramolecular Hbond substituents is 1. The Balaban J connectivity index is 1.69. The molecule has 0 radical (unpaired) electrons. The summed E-state index contributed by atoms with van der Waals surface area (Å²) in [6, 6.07) is 9.00. The molecule has 4 nitrogen and oxygen atoms in total. The van der Waals surface area contributed by atoms with Crippen LogP contribution in [0.5, 0.6) is 5.75 Å². The first kappa shape index (κ1) is 15.9. The monoisotopic (exact) mass is 344 g/mol. The summed E-state index contributed by atoms with van der Waals surface area (Å²) in [4.78, 5) is 14.5. The highest BCUT2D eigenvalue weighted by Gasteiger charge is 2.24. The van der Waals surface area contributed by atoms with Crippen LogP contribution in [-0.4, -0.2) is 16.3 Å². The largest absolute Gasteiger partial charge is 0.508 e. The van der Waals surface area contributed by atoms with Gasteiger partial charge >= 0.3 is 0 Å². The summed E-state index contributed by atoms with van der Waals surface area (Å²) in [6.45, 7) is 1.83. The van der Waals surface area contributed by atoms with Crippen LogP contribution in [0.15, 0.2) is 29.2 Å². The van der Waals surface area contributed by atoms with Crippen LogP contribution in [0.3, 0.4) is 0 Å². The number of anilines is 1. The van der Waals surface area contributed by atoms with E-state index in [0.29, 0.717) is 10.6 Å². The summed E-state index contributed by atoms with van der Waals surface area (Å²) >= 11 is 2.95. The van der Waals surface area contributed by atoms with Crippen LogP contribution < -0.4 is 5.32 Å². The van der Waals surface area contributed by atoms with Crippen molar-refractivity contribution in [1.82, 2.24) is 0 Å². The van der Waals surface area contributed by atoms with Gasteiger partial charge in [-0.25, -0.2) is 0 Å². The molecular weight excluding hydrogens is 328 g/mol. The zero-order valence-electron chi connectivity index (χ0n) is 12.6. The van der Waals surface area contributed by atoms with Crippen LogP contribution in [0.2, 0.25) is 0 Å². The lowest BCUT2D eigenvalue weighted by atomic mass is 10.1. The van der Waals surface area contributed by atoms with Crippen molar-refractivity contribution in [3.8, 4) is 11.8 Å². The van der Waals surface area contributed by atoms with Crippen molar-refractivity contribution in [2.75, 3.05) is 5.32 Å². The van der Waals surface area contributed by atoms with Crippen LogP contribution in [-0.2, 0) is 17.6 Å². The minimum Gasteiger partial charge on any atom is -0.508 e. The number of nitrogens with one attached hydrogen (secondary N) is 1. The highest BCUT2D eigenvalue weighted by molar-refractivity contribution is 8.00. The lowest BCUT2D eigenvalue weighted by Gasteiger charge is -2.11. The predicted molar refractivity (Wildman–Crippen MR) is 93.1 cm³/mol. The standard InChI is InChI=1S/C17H16N2O2S2/c1-10(22-12-7-5-11(20)6-8-12)16(21)19-17-14(9-18)13-3-2-4-15(13)23-17/h5-8,10,20H,2-4H2,1H3,(H,19,21)/t10-/m1/s1. The van der Waals surface area contributed by atoms with Crippen LogP contribution in [0.1, 0.15) is 29.3 Å². The first-order valence-electron chi connectivity index (χ1n) is 7.39. The number of nitriles is 1. The number of aryl methyl sites for hydroxylation is 1. The van der Waals surface area contributed by atoms with Crippen molar-refractivity contribution in [3.05, 3.63) is 40.3 Å². The number of nitrogens with zero attached hydrogens (tertiary/aromatic N) is 1. The number of phenols is 1. The average molecular weight is 344 g/mol. The number of benzene rings is 1. The molecule has 0 bridgehead atoms. The summed E-state index contributed by atoms with van der Waals surface area (Å²) in [7, 11) is 0. The summed E-state index contributed by atoms with van der Waals surface area (Å²) < 4.78 is 0. The third-order valence-corrected chi connectivity index (χ3v) is 6.11. The molecule has 0 aliphatic heterocycles. The van der Waals surface area contributed by atoms with Crippen molar-refractivity contribution in [2.24, 2.45) is 0 Å². The maximum atomic E-state index is 12.4. The average Bonchev–Trinajstić information content (AvgIpc) is 3.09. The molecule has 118 valence electrons. The summed E-state index contributed by atoms with van der Waals surface area (Å²) in [5.74, 6) is 0.0951. The third-order valence-electron chi connectivity index (χ3n) is 3.79. The van der Waals surface area contributed by atoms with E-state index >= 15 is 0 Å². The Bertz CT molecular complexity index is 775. The maximum absolute atomic E-state index is 12.4. The van der Waals surface area contributed by atoms with Gasteiger partial charge in [0.2, 0.25) is 5.91 Å². The Morgan fingerprint density at radius 1 is 1.39 bits per heavy atom. The molecule has 2 N–H and O–H groups in total. The molecule has 0 spiro atoms. The molecule has 0 fully saturated rings. The first-order chi connectivity index (χ1) is 11.1. The van der Waals surface area contributed by atoms with Crippen LogP contribution in [0.4, 0.5) is 5.00 Å². The fourth-order valence-electron chi connectivity index (χ4n) is 2.61. The molecule has 1 aromatic carbocycles. The second-order valence-electron chi connectivity index (χ2n) is 5.42. The Hall–Kier alpha value is -1.97. The lowest BCUT2D eigenvalue weighted by Crippen LogP contribution is -2.22. The number of hydrogen-bond acceptors (Lipinski definition) is 5. The molecule has 1 amide bonds. The van der Waals surface area contributed by atoms with Gasteiger partial charge in [0.1, 0.15) is 16.8 Å². The van der Waals surface area contributed by atoms with Crippen molar-refractivity contribution in [2.45, 2.75) is 36.3 Å². The number of rotatable bonds is 4. The van der Waals surface area contributed by atoms with Gasteiger partial charge in [0.15, 0.2) is 0 Å². The number of amides is 1. The minimum atomic E-state index is -0.289. The van der Waals surface area contributed by atoms with Crippen molar-refractivity contribution in [3.63, 3.8) is 0 Å². The summed E-state index contributed by atoms with van der Waals surface area (Å²) in [6.07, 6.45) is 3.03. The number of carbonyl (C=O) groups excluding carboxylic acids is 1. The summed E-state index contributed by atoms with van der Waals surface area (Å²) in [5, 5.41) is 22.0. The fraction of sp³-hybridized carbons (Fsp3) is 0.294. The molecule has 1 aromatic heterocycles. The number of hydrogen-bond donors (Lipinski definition) is 2. The van der Waals surface area contributed by atoms with Gasteiger partial charge in [-0.1, -0.05) is 0 Å². The molecule has 6 heteroatoms. The van der Waals surface area contributed by atoms with Crippen molar-refractivity contribution < 1.29 is 9.90 Å². The second kappa shape index (κ2) is 6.65. The van der Waals surface area contributed by atoms with E-state index in [9.17, 15) is 15.2 Å². The predicted octanol–water partition coefficient (Wildman–Crippen LogP) is 3.93. The molecule has 1 aliphatic rings. The maximum Gasteiger partial charge on any atom is 0.238 e. The molecule has 1 aliphatic carbocycles. The highest BCUT2D eigenvalue weighted by atomic mass is 32.2. The van der Waals surface area contributed by atoms with E-state index in [2.05, 4.69) is 11.4 Å². The number of aromatic hydroxyl groups is 1. The number of thioether (sulfide) groups is 1. The smallest absolute Gasteiger partial charge is 0.238 e. The number of carbonyl (C=O) groups is 1. The van der Waals surface area contributed by atoms with E-state index in [4.69, 9.17) is 0 Å². The SMILES string of the molecule is C[C@@H](Sc1ccc(O)cc1)C(=O)Nc1sc2c(c1C#N)CCC2. The van der Waals surface area contributed by atoms with Crippen LogP contribution in [0.25, 0.3) is 0 Å². The molecule has 0 saturated heterocycles.